The molecule has 3 aromatic carbocycles. The summed E-state index contributed by atoms with van der Waals surface area (Å²) in [4.78, 5) is 34.2. The Kier molecular flexibility index (Phi) is 7.04. The Morgan fingerprint density at radius 3 is 2.03 bits per heavy atom. The Hall–Kier alpha value is -4.24. The molecule has 9 nitrogen and oxygen atoms in total. The highest BCUT2D eigenvalue weighted by Gasteiger charge is 2.29. The number of nitrogens with one attached hydrogen (secondary N) is 1. The molecule has 0 spiro atoms. The zero-order valence-corrected chi connectivity index (χ0v) is 17.4. The lowest BCUT2D eigenvalue weighted by atomic mass is 9.98. The van der Waals surface area contributed by atoms with Crippen molar-refractivity contribution in [2.45, 2.75) is 18.4 Å². The van der Waals surface area contributed by atoms with Gasteiger partial charge in [-0.25, -0.2) is 9.59 Å². The standard InChI is InChI=1S/C24H20N2O6.H2O/c27-23(28)22(13-15-9-11-16(12-10-15)26(30)31)25-24(29)32-14-21-19-7-3-1-5-17(19)18-6-2-4-8-20(18)21;/h1-12,21-22H,13-14H2,(H,25,29)(H,27,28);1H2/t22-;/m0./s1. The van der Waals surface area contributed by atoms with Crippen LogP contribution in [0.25, 0.3) is 11.1 Å². The van der Waals surface area contributed by atoms with Gasteiger partial charge in [0.2, 0.25) is 0 Å². The van der Waals surface area contributed by atoms with Gasteiger partial charge in [0.25, 0.3) is 5.69 Å². The molecule has 9 heteroatoms. The second-order valence-corrected chi connectivity index (χ2v) is 7.49. The number of rotatable bonds is 7. The molecule has 0 fully saturated rings. The molecule has 0 aromatic heterocycles. The molecule has 1 atom stereocenters. The van der Waals surface area contributed by atoms with Gasteiger partial charge in [-0.05, 0) is 27.8 Å². The van der Waals surface area contributed by atoms with Crippen LogP contribution in [0.1, 0.15) is 22.6 Å². The highest BCUT2D eigenvalue weighted by molar-refractivity contribution is 5.81. The molecule has 1 amide bonds. The number of ether oxygens (including phenoxy) is 1. The second kappa shape index (κ2) is 9.92. The van der Waals surface area contributed by atoms with Gasteiger partial charge in [0, 0.05) is 24.5 Å². The number of nitrogens with zero attached hydrogens (tertiary/aromatic N) is 1. The van der Waals surface area contributed by atoms with Crippen LogP contribution in [-0.4, -0.2) is 40.2 Å². The summed E-state index contributed by atoms with van der Waals surface area (Å²) < 4.78 is 5.41. The van der Waals surface area contributed by atoms with E-state index in [1.165, 1.54) is 24.3 Å². The molecule has 0 heterocycles. The van der Waals surface area contributed by atoms with Gasteiger partial charge >= 0.3 is 12.1 Å². The second-order valence-electron chi connectivity index (χ2n) is 7.49. The van der Waals surface area contributed by atoms with Crippen molar-refractivity contribution in [3.05, 3.63) is 99.6 Å². The van der Waals surface area contributed by atoms with Crippen molar-refractivity contribution < 1.29 is 29.8 Å². The average molecular weight is 450 g/mol. The number of carbonyl (C=O) groups is 2. The molecule has 0 saturated heterocycles. The van der Waals surface area contributed by atoms with Crippen LogP contribution in [0.15, 0.2) is 72.8 Å². The molecule has 0 unspecified atom stereocenters. The fourth-order valence-electron chi connectivity index (χ4n) is 3.97. The Morgan fingerprint density at radius 2 is 1.52 bits per heavy atom. The van der Waals surface area contributed by atoms with Crippen molar-refractivity contribution in [1.82, 2.24) is 5.32 Å². The number of hydrogen-bond acceptors (Lipinski definition) is 5. The van der Waals surface area contributed by atoms with Crippen molar-refractivity contribution in [1.29, 1.82) is 0 Å². The van der Waals surface area contributed by atoms with Crippen LogP contribution in [0.3, 0.4) is 0 Å². The van der Waals surface area contributed by atoms with Crippen LogP contribution in [0.2, 0.25) is 0 Å². The quantitative estimate of drug-likeness (QED) is 0.416. The maximum atomic E-state index is 12.4. The SMILES string of the molecule is O.O=C(N[C@@H](Cc1ccc([N+](=O)[O-])cc1)C(=O)O)OCC1c2ccccc2-c2ccccc21. The number of hydrogen-bond donors (Lipinski definition) is 2. The summed E-state index contributed by atoms with van der Waals surface area (Å²) in [7, 11) is 0. The van der Waals surface area contributed by atoms with Crippen molar-refractivity contribution in [2.24, 2.45) is 0 Å². The number of carbonyl (C=O) groups excluding carboxylic acids is 1. The lowest BCUT2D eigenvalue weighted by Gasteiger charge is -2.17. The summed E-state index contributed by atoms with van der Waals surface area (Å²) in [6.45, 7) is 0.0731. The highest BCUT2D eigenvalue weighted by atomic mass is 16.6. The van der Waals surface area contributed by atoms with Gasteiger partial charge in [0.15, 0.2) is 0 Å². The first kappa shape index (κ1) is 23.4. The van der Waals surface area contributed by atoms with E-state index in [1.807, 2.05) is 48.5 Å². The molecule has 4 rings (SSSR count). The van der Waals surface area contributed by atoms with Gasteiger partial charge < -0.3 is 20.6 Å². The van der Waals surface area contributed by atoms with E-state index in [4.69, 9.17) is 4.74 Å². The molecule has 1 aliphatic rings. The Labute approximate surface area is 189 Å². The summed E-state index contributed by atoms with van der Waals surface area (Å²) in [6, 6.07) is 20.1. The molecule has 170 valence electrons. The first-order chi connectivity index (χ1) is 15.4. The number of nitro groups is 1. The van der Waals surface area contributed by atoms with E-state index in [2.05, 4.69) is 5.32 Å². The number of amides is 1. The maximum absolute atomic E-state index is 12.4. The van der Waals surface area contributed by atoms with E-state index in [-0.39, 0.29) is 30.1 Å². The summed E-state index contributed by atoms with van der Waals surface area (Å²) in [6.07, 6.45) is -0.862. The summed E-state index contributed by atoms with van der Waals surface area (Å²) in [5.74, 6) is -1.36. The Morgan fingerprint density at radius 1 is 0.970 bits per heavy atom. The molecule has 3 aromatic rings. The fraction of sp³-hybridized carbons (Fsp3) is 0.167. The number of carboxylic acid groups (broad SMARTS) is 1. The molecule has 33 heavy (non-hydrogen) atoms. The zero-order valence-electron chi connectivity index (χ0n) is 17.4. The van der Waals surface area contributed by atoms with Crippen LogP contribution in [0.5, 0.6) is 0 Å². The molecule has 0 aliphatic heterocycles. The number of fused-ring (bicyclic) bond motifs is 3. The van der Waals surface area contributed by atoms with E-state index in [0.29, 0.717) is 5.56 Å². The topological polar surface area (TPSA) is 150 Å². The monoisotopic (exact) mass is 450 g/mol. The molecular formula is C24H22N2O7. The third-order valence-electron chi connectivity index (χ3n) is 5.52. The third-order valence-corrected chi connectivity index (χ3v) is 5.52. The zero-order chi connectivity index (χ0) is 22.7. The molecule has 0 bridgehead atoms. The predicted octanol–water partition coefficient (Wildman–Crippen LogP) is 3.30. The van der Waals surface area contributed by atoms with E-state index >= 15 is 0 Å². The van der Waals surface area contributed by atoms with E-state index < -0.39 is 23.0 Å². The van der Waals surface area contributed by atoms with Gasteiger partial charge in [-0.15, -0.1) is 0 Å². The average Bonchev–Trinajstić information content (AvgIpc) is 3.11. The number of aliphatic carboxylic acids is 1. The van der Waals surface area contributed by atoms with Gasteiger partial charge in [0.05, 0.1) is 4.92 Å². The lowest BCUT2D eigenvalue weighted by Crippen LogP contribution is -2.42. The van der Waals surface area contributed by atoms with Crippen molar-refractivity contribution in [3.63, 3.8) is 0 Å². The number of carboxylic acids is 1. The molecular weight excluding hydrogens is 428 g/mol. The van der Waals surface area contributed by atoms with Gasteiger partial charge in [-0.1, -0.05) is 60.7 Å². The number of benzene rings is 3. The minimum absolute atomic E-state index is 0. The van der Waals surface area contributed by atoms with Crippen LogP contribution in [-0.2, 0) is 16.0 Å². The van der Waals surface area contributed by atoms with Crippen LogP contribution in [0, 0.1) is 10.1 Å². The number of alkyl carbamates (subject to hydrolysis) is 1. The lowest BCUT2D eigenvalue weighted by molar-refractivity contribution is -0.384. The van der Waals surface area contributed by atoms with Gasteiger partial charge in [0.1, 0.15) is 12.6 Å². The maximum Gasteiger partial charge on any atom is 0.407 e. The van der Waals surface area contributed by atoms with Crippen molar-refractivity contribution in [3.8, 4) is 11.1 Å². The summed E-state index contributed by atoms with van der Waals surface area (Å²) in [5.41, 5.74) is 4.76. The minimum atomic E-state index is -1.23. The number of non-ortho nitro benzene ring substituents is 1. The van der Waals surface area contributed by atoms with Crippen LogP contribution < -0.4 is 5.32 Å². The fourth-order valence-corrected chi connectivity index (χ4v) is 3.97. The highest BCUT2D eigenvalue weighted by Crippen LogP contribution is 2.44. The van der Waals surface area contributed by atoms with Gasteiger partial charge in [-0.2, -0.15) is 0 Å². The summed E-state index contributed by atoms with van der Waals surface area (Å²) >= 11 is 0. The Balaban J connectivity index is 0.00000306. The van der Waals surface area contributed by atoms with Crippen molar-refractivity contribution >= 4 is 17.7 Å². The van der Waals surface area contributed by atoms with E-state index in [0.717, 1.165) is 22.3 Å². The van der Waals surface area contributed by atoms with Gasteiger partial charge in [-0.3, -0.25) is 10.1 Å². The molecule has 0 radical (unpaired) electrons. The molecule has 1 aliphatic carbocycles. The third kappa shape index (κ3) is 4.99. The van der Waals surface area contributed by atoms with Crippen LogP contribution >= 0.6 is 0 Å². The number of nitro benzene ring substituents is 1. The summed E-state index contributed by atoms with van der Waals surface area (Å²) in [5, 5.41) is 22.6. The first-order valence-corrected chi connectivity index (χ1v) is 10.0. The Bertz CT molecular complexity index is 1130. The predicted molar refractivity (Wildman–Crippen MR) is 120 cm³/mol. The normalized spacial score (nSPS) is 12.6. The minimum Gasteiger partial charge on any atom is -0.480 e. The smallest absolute Gasteiger partial charge is 0.407 e. The van der Waals surface area contributed by atoms with E-state index in [1.54, 1.807) is 0 Å². The van der Waals surface area contributed by atoms with E-state index in [9.17, 15) is 24.8 Å². The molecule has 0 saturated carbocycles. The van der Waals surface area contributed by atoms with Crippen LogP contribution in [0.4, 0.5) is 10.5 Å². The molecule has 4 N–H and O–H groups in total. The van der Waals surface area contributed by atoms with Crippen molar-refractivity contribution in [2.75, 3.05) is 6.61 Å². The largest absolute Gasteiger partial charge is 0.480 e. The first-order valence-electron chi connectivity index (χ1n) is 10.0.